The van der Waals surface area contributed by atoms with Crippen molar-refractivity contribution >= 4 is 0 Å². The molecule has 1 aliphatic rings. The molecule has 0 aliphatic carbocycles. The number of rotatable bonds is 7. The standard InChI is InChI=1S/C26H20F8O4/c1-12(35-2)15-10-36-25(37-11-15)14-6-21(31)24(22(32)7-14)26(33,34)38-23-9-18(28)16(8-20(23)30)13-3-4-17(27)19(29)5-13/h3-9,12,15,25H,10-11H2,1-2H3. The second-order valence-electron chi connectivity index (χ2n) is 8.57. The van der Waals surface area contributed by atoms with Gasteiger partial charge in [-0.1, -0.05) is 6.07 Å². The largest absolute Gasteiger partial charge is 0.432 e. The summed E-state index contributed by atoms with van der Waals surface area (Å²) in [5.41, 5.74) is -2.96. The molecule has 12 heteroatoms. The minimum atomic E-state index is -4.78. The Kier molecular flexibility index (Phi) is 7.96. The summed E-state index contributed by atoms with van der Waals surface area (Å²) in [6.45, 7) is 2.02. The zero-order valence-electron chi connectivity index (χ0n) is 19.8. The number of benzene rings is 3. The van der Waals surface area contributed by atoms with Crippen molar-refractivity contribution in [2.45, 2.75) is 25.4 Å². The van der Waals surface area contributed by atoms with E-state index in [2.05, 4.69) is 4.74 Å². The predicted octanol–water partition coefficient (Wildman–Crippen LogP) is 7.01. The molecule has 1 unspecified atom stereocenters. The Morgan fingerprint density at radius 3 is 2.00 bits per heavy atom. The Labute approximate surface area is 211 Å². The average Bonchev–Trinajstić information content (AvgIpc) is 2.86. The van der Waals surface area contributed by atoms with Gasteiger partial charge in [0.25, 0.3) is 0 Å². The molecule has 3 aromatic carbocycles. The van der Waals surface area contributed by atoms with E-state index >= 15 is 0 Å². The van der Waals surface area contributed by atoms with Gasteiger partial charge in [-0.3, -0.25) is 0 Å². The van der Waals surface area contributed by atoms with Crippen LogP contribution >= 0.6 is 0 Å². The molecule has 0 amide bonds. The zero-order valence-corrected chi connectivity index (χ0v) is 19.8. The lowest BCUT2D eigenvalue weighted by Gasteiger charge is -2.32. The SMILES string of the molecule is COC(C)C1COC(c2cc(F)c(C(F)(F)Oc3cc(F)c(-c4ccc(F)c(F)c4)cc3F)c(F)c2)OC1. The zero-order chi connectivity index (χ0) is 27.8. The van der Waals surface area contributed by atoms with Gasteiger partial charge in [0, 0.05) is 30.2 Å². The molecule has 0 spiro atoms. The lowest BCUT2D eigenvalue weighted by atomic mass is 10.0. The van der Waals surface area contributed by atoms with Crippen molar-refractivity contribution in [2.75, 3.05) is 20.3 Å². The first-order chi connectivity index (χ1) is 17.9. The van der Waals surface area contributed by atoms with E-state index < -0.39 is 64.2 Å². The fraction of sp³-hybridized carbons (Fsp3) is 0.308. The van der Waals surface area contributed by atoms with E-state index in [4.69, 9.17) is 14.2 Å². The van der Waals surface area contributed by atoms with Crippen molar-refractivity contribution in [1.82, 2.24) is 0 Å². The summed E-state index contributed by atoms with van der Waals surface area (Å²) in [5, 5.41) is 0. The first-order valence-corrected chi connectivity index (χ1v) is 11.2. The van der Waals surface area contributed by atoms with Gasteiger partial charge in [-0.05, 0) is 42.8 Å². The molecule has 1 fully saturated rings. The van der Waals surface area contributed by atoms with Crippen LogP contribution in [-0.4, -0.2) is 26.4 Å². The highest BCUT2D eigenvalue weighted by Gasteiger charge is 2.42. The molecule has 0 bridgehead atoms. The Hall–Kier alpha value is -3.22. The molecule has 0 radical (unpaired) electrons. The molecule has 1 atom stereocenters. The van der Waals surface area contributed by atoms with Gasteiger partial charge in [-0.2, -0.15) is 8.78 Å². The summed E-state index contributed by atoms with van der Waals surface area (Å²) < 4.78 is 135. The highest BCUT2D eigenvalue weighted by Crippen LogP contribution is 2.39. The summed E-state index contributed by atoms with van der Waals surface area (Å²) >= 11 is 0. The van der Waals surface area contributed by atoms with Crippen molar-refractivity contribution in [3.8, 4) is 16.9 Å². The Bertz CT molecular complexity index is 1300. The fourth-order valence-corrected chi connectivity index (χ4v) is 3.86. The first-order valence-electron chi connectivity index (χ1n) is 11.2. The predicted molar refractivity (Wildman–Crippen MR) is 117 cm³/mol. The quantitative estimate of drug-likeness (QED) is 0.298. The van der Waals surface area contributed by atoms with Gasteiger partial charge < -0.3 is 18.9 Å². The Morgan fingerprint density at radius 2 is 1.42 bits per heavy atom. The Morgan fingerprint density at radius 1 is 0.789 bits per heavy atom. The van der Waals surface area contributed by atoms with Gasteiger partial charge >= 0.3 is 6.11 Å². The van der Waals surface area contributed by atoms with Crippen LogP contribution < -0.4 is 4.74 Å². The minimum absolute atomic E-state index is 0.120. The lowest BCUT2D eigenvalue weighted by Crippen LogP contribution is -2.35. The fourth-order valence-electron chi connectivity index (χ4n) is 3.86. The van der Waals surface area contributed by atoms with E-state index in [1.807, 2.05) is 0 Å². The molecular formula is C26H20F8O4. The topological polar surface area (TPSA) is 36.9 Å². The van der Waals surface area contributed by atoms with E-state index in [-0.39, 0.29) is 42.4 Å². The molecule has 4 nitrogen and oxygen atoms in total. The average molecular weight is 548 g/mol. The summed E-state index contributed by atoms with van der Waals surface area (Å²) in [5.74, 6) is -10.5. The van der Waals surface area contributed by atoms with E-state index in [9.17, 15) is 35.1 Å². The van der Waals surface area contributed by atoms with Gasteiger partial charge in [0.05, 0.1) is 19.3 Å². The number of hydrogen-bond donors (Lipinski definition) is 0. The molecule has 1 heterocycles. The first kappa shape index (κ1) is 27.8. The number of hydrogen-bond acceptors (Lipinski definition) is 4. The second-order valence-corrected chi connectivity index (χ2v) is 8.57. The van der Waals surface area contributed by atoms with Gasteiger partial charge in [0.15, 0.2) is 29.5 Å². The van der Waals surface area contributed by atoms with Crippen molar-refractivity contribution < 1.29 is 54.1 Å². The van der Waals surface area contributed by atoms with E-state index in [0.717, 1.165) is 6.07 Å². The number of ether oxygens (including phenoxy) is 4. The van der Waals surface area contributed by atoms with Crippen LogP contribution in [0.5, 0.6) is 5.75 Å². The molecule has 0 aromatic heterocycles. The van der Waals surface area contributed by atoms with Crippen LogP contribution in [0.15, 0.2) is 42.5 Å². The van der Waals surface area contributed by atoms with Crippen LogP contribution in [0.3, 0.4) is 0 Å². The molecule has 1 saturated heterocycles. The molecule has 1 aliphatic heterocycles. The third-order valence-electron chi connectivity index (χ3n) is 6.08. The summed E-state index contributed by atoms with van der Waals surface area (Å²) in [7, 11) is 1.49. The van der Waals surface area contributed by atoms with Gasteiger partial charge in [0.2, 0.25) is 0 Å². The third kappa shape index (κ3) is 5.62. The van der Waals surface area contributed by atoms with Gasteiger partial charge in [0.1, 0.15) is 23.0 Å². The van der Waals surface area contributed by atoms with Crippen molar-refractivity contribution in [3.05, 3.63) is 88.5 Å². The van der Waals surface area contributed by atoms with Gasteiger partial charge in [-0.25, -0.2) is 26.3 Å². The molecular weight excluding hydrogens is 528 g/mol. The summed E-state index contributed by atoms with van der Waals surface area (Å²) in [6, 6.07) is 3.90. The van der Waals surface area contributed by atoms with Crippen LogP contribution in [-0.2, 0) is 20.3 Å². The number of alkyl halides is 2. The molecule has 0 N–H and O–H groups in total. The molecule has 4 rings (SSSR count). The molecule has 0 saturated carbocycles. The number of halogens is 8. The minimum Gasteiger partial charge on any atom is -0.425 e. The van der Waals surface area contributed by atoms with Crippen LogP contribution in [0.25, 0.3) is 11.1 Å². The maximum Gasteiger partial charge on any atom is 0.432 e. The third-order valence-corrected chi connectivity index (χ3v) is 6.08. The van der Waals surface area contributed by atoms with Crippen molar-refractivity contribution in [1.29, 1.82) is 0 Å². The second kappa shape index (κ2) is 10.9. The van der Waals surface area contributed by atoms with Crippen molar-refractivity contribution in [3.63, 3.8) is 0 Å². The van der Waals surface area contributed by atoms with Gasteiger partial charge in [-0.15, -0.1) is 0 Å². The van der Waals surface area contributed by atoms with Crippen molar-refractivity contribution in [2.24, 2.45) is 5.92 Å². The van der Waals surface area contributed by atoms with E-state index in [1.165, 1.54) is 7.11 Å². The summed E-state index contributed by atoms with van der Waals surface area (Å²) in [4.78, 5) is 0. The van der Waals surface area contributed by atoms with Crippen LogP contribution in [0.4, 0.5) is 35.1 Å². The highest BCUT2D eigenvalue weighted by atomic mass is 19.3. The molecule has 204 valence electrons. The normalized spacial score (nSPS) is 18.9. The monoisotopic (exact) mass is 548 g/mol. The molecule has 38 heavy (non-hydrogen) atoms. The van der Waals surface area contributed by atoms with E-state index in [1.54, 1.807) is 6.92 Å². The van der Waals surface area contributed by atoms with E-state index in [0.29, 0.717) is 30.3 Å². The number of methoxy groups -OCH3 is 1. The summed E-state index contributed by atoms with van der Waals surface area (Å²) in [6.07, 6.45) is -6.24. The lowest BCUT2D eigenvalue weighted by molar-refractivity contribution is -0.219. The van der Waals surface area contributed by atoms with Crippen LogP contribution in [0, 0.1) is 40.8 Å². The van der Waals surface area contributed by atoms with Crippen LogP contribution in [0.1, 0.15) is 24.3 Å². The Balaban J connectivity index is 1.56. The molecule has 3 aromatic rings. The highest BCUT2D eigenvalue weighted by molar-refractivity contribution is 5.65. The maximum atomic E-state index is 14.8. The van der Waals surface area contributed by atoms with Crippen LogP contribution in [0.2, 0.25) is 0 Å². The smallest absolute Gasteiger partial charge is 0.425 e. The maximum absolute atomic E-state index is 14.8.